The minimum Gasteiger partial charge on any atom is -0.480 e. The largest absolute Gasteiger partial charge is 0.480 e. The van der Waals surface area contributed by atoms with Gasteiger partial charge in [-0.3, -0.25) is 9.59 Å². The molecule has 8 nitrogen and oxygen atoms in total. The van der Waals surface area contributed by atoms with E-state index in [-0.39, 0.29) is 13.0 Å². The number of carbonyl (C=O) groups is 3. The zero-order valence-electron chi connectivity index (χ0n) is 16.8. The van der Waals surface area contributed by atoms with Gasteiger partial charge in [-0.05, 0) is 29.0 Å². The van der Waals surface area contributed by atoms with Crippen molar-refractivity contribution in [3.05, 3.63) is 57.8 Å². The zero-order chi connectivity index (χ0) is 22.3. The van der Waals surface area contributed by atoms with Gasteiger partial charge in [0.2, 0.25) is 0 Å². The lowest BCUT2D eigenvalue weighted by Gasteiger charge is -2.25. The Labute approximate surface area is 178 Å². The average Bonchev–Trinajstić information content (AvgIpc) is 3.24. The lowest BCUT2D eigenvalue weighted by molar-refractivity contribution is -0.154. The third-order valence-electron chi connectivity index (χ3n) is 4.70. The summed E-state index contributed by atoms with van der Waals surface area (Å²) in [7, 11) is 1.46. The average molecular weight is 435 g/mol. The number of rotatable bonds is 10. The number of aliphatic carboxylic acids is 1. The summed E-state index contributed by atoms with van der Waals surface area (Å²) in [5.41, 5.74) is 1.94. The van der Waals surface area contributed by atoms with E-state index in [1.54, 1.807) is 17.5 Å². The van der Waals surface area contributed by atoms with Gasteiger partial charge in [-0.1, -0.05) is 37.3 Å². The number of likely N-dealkylation sites (N-methyl/N-ethyl adjacent to an activating group) is 1. The maximum Gasteiger partial charge on any atom is 0.326 e. The summed E-state index contributed by atoms with van der Waals surface area (Å²) in [5, 5.41) is 33.6. The molecule has 1 heterocycles. The summed E-state index contributed by atoms with van der Waals surface area (Å²) >= 11 is 1.34. The topological polar surface area (TPSA) is 127 Å². The van der Waals surface area contributed by atoms with Crippen LogP contribution in [0.2, 0.25) is 0 Å². The van der Waals surface area contributed by atoms with Gasteiger partial charge in [0, 0.05) is 24.9 Å². The van der Waals surface area contributed by atoms with Crippen molar-refractivity contribution in [2.75, 3.05) is 7.05 Å². The number of amides is 2. The molecule has 0 saturated carbocycles. The molecule has 0 radical (unpaired) electrons. The van der Waals surface area contributed by atoms with Crippen LogP contribution in [0.1, 0.15) is 22.9 Å². The summed E-state index contributed by atoms with van der Waals surface area (Å²) in [6.07, 6.45) is -3.30. The fraction of sp³-hybridized carbons (Fsp3) is 0.381. The van der Waals surface area contributed by atoms with Crippen LogP contribution in [0.15, 0.2) is 41.8 Å². The fourth-order valence-electron chi connectivity index (χ4n) is 2.98. The Morgan fingerprint density at radius 1 is 1.07 bits per heavy atom. The van der Waals surface area contributed by atoms with Crippen molar-refractivity contribution in [1.29, 1.82) is 0 Å². The highest BCUT2D eigenvalue weighted by Gasteiger charge is 2.34. The van der Waals surface area contributed by atoms with Crippen molar-refractivity contribution in [3.8, 4) is 0 Å². The normalized spacial score (nSPS) is 13.9. The molecule has 9 heteroatoms. The van der Waals surface area contributed by atoms with Gasteiger partial charge in [0.05, 0.1) is 0 Å². The molecule has 0 saturated heterocycles. The molecule has 162 valence electrons. The first kappa shape index (κ1) is 23.5. The fourth-order valence-corrected chi connectivity index (χ4v) is 3.73. The number of nitrogens with zero attached hydrogens (tertiary/aromatic N) is 1. The van der Waals surface area contributed by atoms with E-state index in [0.717, 1.165) is 22.4 Å². The maximum absolute atomic E-state index is 12.5. The van der Waals surface area contributed by atoms with E-state index in [1.165, 1.54) is 23.3 Å². The Bertz CT molecular complexity index is 870. The third-order valence-corrected chi connectivity index (χ3v) is 5.60. The number of carboxylic acids is 1. The number of hydrogen-bond donors (Lipinski definition) is 4. The molecular weight excluding hydrogens is 408 g/mol. The predicted octanol–water partition coefficient (Wildman–Crippen LogP) is 0.803. The second-order valence-electron chi connectivity index (χ2n) is 6.89. The molecule has 0 aliphatic rings. The van der Waals surface area contributed by atoms with Crippen LogP contribution < -0.4 is 5.32 Å². The van der Waals surface area contributed by atoms with E-state index in [0.29, 0.717) is 0 Å². The predicted molar refractivity (Wildman–Crippen MR) is 112 cm³/mol. The molecule has 1 aromatic carbocycles. The first-order chi connectivity index (χ1) is 14.2. The van der Waals surface area contributed by atoms with Gasteiger partial charge >= 0.3 is 5.97 Å². The first-order valence-electron chi connectivity index (χ1n) is 9.48. The minimum absolute atomic E-state index is 0.0310. The van der Waals surface area contributed by atoms with Gasteiger partial charge in [-0.2, -0.15) is 0 Å². The second-order valence-corrected chi connectivity index (χ2v) is 7.92. The summed E-state index contributed by atoms with van der Waals surface area (Å²) in [4.78, 5) is 38.1. The van der Waals surface area contributed by atoms with Crippen LogP contribution in [0.4, 0.5) is 0 Å². The Balaban J connectivity index is 1.99. The van der Waals surface area contributed by atoms with Crippen LogP contribution >= 0.6 is 11.3 Å². The van der Waals surface area contributed by atoms with Gasteiger partial charge in [-0.25, -0.2) is 4.79 Å². The molecule has 2 amide bonds. The Morgan fingerprint density at radius 3 is 2.30 bits per heavy atom. The monoisotopic (exact) mass is 434 g/mol. The molecule has 30 heavy (non-hydrogen) atoms. The lowest BCUT2D eigenvalue weighted by atomic mass is 10.0. The van der Waals surface area contributed by atoms with Crippen molar-refractivity contribution in [1.82, 2.24) is 10.2 Å². The van der Waals surface area contributed by atoms with Crippen LogP contribution in [0.5, 0.6) is 0 Å². The highest BCUT2D eigenvalue weighted by Crippen LogP contribution is 2.14. The van der Waals surface area contributed by atoms with Crippen LogP contribution in [0.25, 0.3) is 0 Å². The molecule has 0 aliphatic carbocycles. The summed E-state index contributed by atoms with van der Waals surface area (Å²) in [6.45, 7) is 2.18. The van der Waals surface area contributed by atoms with E-state index >= 15 is 0 Å². The quantitative estimate of drug-likeness (QED) is 0.438. The molecule has 2 aromatic rings. The summed E-state index contributed by atoms with van der Waals surface area (Å²) in [5.74, 6) is -3.24. The molecule has 0 aliphatic heterocycles. The van der Waals surface area contributed by atoms with Crippen molar-refractivity contribution in [2.24, 2.45) is 0 Å². The van der Waals surface area contributed by atoms with E-state index in [9.17, 15) is 29.7 Å². The molecule has 1 unspecified atom stereocenters. The molecule has 4 N–H and O–H groups in total. The van der Waals surface area contributed by atoms with Gasteiger partial charge in [-0.15, -0.1) is 11.3 Å². The van der Waals surface area contributed by atoms with Crippen LogP contribution in [0, 0.1) is 0 Å². The SMILES string of the molecule is CCc1ccccc1CN(C)C(=O)[C@H](O)[C@@H](O)C(=O)NC(Cc1cccs1)C(=O)O. The zero-order valence-corrected chi connectivity index (χ0v) is 17.6. The number of carboxylic acid groups (broad SMARTS) is 1. The third kappa shape index (κ3) is 6.12. The number of aliphatic hydroxyl groups is 2. The van der Waals surface area contributed by atoms with Gasteiger partial charge in [0.1, 0.15) is 6.04 Å². The molecule has 2 rings (SSSR count). The number of aryl methyl sites for hydroxylation is 1. The number of carbonyl (C=O) groups excluding carboxylic acids is 2. The van der Waals surface area contributed by atoms with Crippen molar-refractivity contribution >= 4 is 29.1 Å². The van der Waals surface area contributed by atoms with Crippen LogP contribution in [-0.2, 0) is 33.8 Å². The van der Waals surface area contributed by atoms with Crippen LogP contribution in [0.3, 0.4) is 0 Å². The highest BCUT2D eigenvalue weighted by atomic mass is 32.1. The van der Waals surface area contributed by atoms with E-state index in [2.05, 4.69) is 5.32 Å². The van der Waals surface area contributed by atoms with Crippen molar-refractivity contribution in [2.45, 2.75) is 44.6 Å². The Kier molecular flexibility index (Phi) is 8.52. The van der Waals surface area contributed by atoms with Crippen molar-refractivity contribution in [3.63, 3.8) is 0 Å². The molecule has 0 spiro atoms. The lowest BCUT2D eigenvalue weighted by Crippen LogP contribution is -2.53. The first-order valence-corrected chi connectivity index (χ1v) is 10.4. The van der Waals surface area contributed by atoms with Gasteiger partial charge in [0.25, 0.3) is 11.8 Å². The number of thiophene rings is 1. The number of aliphatic hydroxyl groups excluding tert-OH is 2. The Hall–Kier alpha value is -2.75. The number of nitrogens with one attached hydrogen (secondary N) is 1. The van der Waals surface area contributed by atoms with E-state index < -0.39 is 36.0 Å². The molecule has 0 fully saturated rings. The van der Waals surface area contributed by atoms with Crippen molar-refractivity contribution < 1.29 is 29.7 Å². The summed E-state index contributed by atoms with van der Waals surface area (Å²) < 4.78 is 0. The smallest absolute Gasteiger partial charge is 0.326 e. The molecule has 3 atom stereocenters. The minimum atomic E-state index is -2.09. The summed E-state index contributed by atoms with van der Waals surface area (Å²) in [6, 6.07) is 9.72. The van der Waals surface area contributed by atoms with Gasteiger partial charge < -0.3 is 25.5 Å². The second kappa shape index (κ2) is 10.9. The van der Waals surface area contributed by atoms with E-state index in [1.807, 2.05) is 31.2 Å². The number of benzene rings is 1. The van der Waals surface area contributed by atoms with Crippen LogP contribution in [-0.4, -0.2) is 63.3 Å². The molecular formula is C21H26N2O6S. The number of hydrogen-bond acceptors (Lipinski definition) is 6. The molecule has 1 aromatic heterocycles. The molecule has 0 bridgehead atoms. The van der Waals surface area contributed by atoms with Gasteiger partial charge in [0.15, 0.2) is 12.2 Å². The van der Waals surface area contributed by atoms with E-state index in [4.69, 9.17) is 0 Å². The highest BCUT2D eigenvalue weighted by molar-refractivity contribution is 7.09. The standard InChI is InChI=1S/C21H26N2O6S/c1-3-13-7-4-5-8-14(13)12-23(2)20(27)18(25)17(24)19(26)22-16(21(28)29)11-15-9-6-10-30-15/h4-10,16-18,24-25H,3,11-12H2,1-2H3,(H,22,26)(H,28,29)/t16?,17-,18-/m1/s1. The maximum atomic E-state index is 12.5. The Morgan fingerprint density at radius 2 is 1.73 bits per heavy atom.